The average Bonchev–Trinajstić information content (AvgIpc) is 3.26. The molecule has 1 fully saturated rings. The van der Waals surface area contributed by atoms with E-state index in [1.807, 2.05) is 0 Å². The van der Waals surface area contributed by atoms with E-state index < -0.39 is 36.7 Å². The van der Waals surface area contributed by atoms with Gasteiger partial charge in [0.05, 0.1) is 18.5 Å². The Morgan fingerprint density at radius 2 is 2.15 bits per heavy atom. The number of halogens is 1. The van der Waals surface area contributed by atoms with Gasteiger partial charge >= 0.3 is 0 Å². The molecule has 33 heavy (non-hydrogen) atoms. The summed E-state index contributed by atoms with van der Waals surface area (Å²) in [5, 5.41) is 54.1. The molecule has 0 bridgehead atoms. The Balaban J connectivity index is 1.73. The molecule has 15 nitrogen and oxygen atoms in total. The minimum absolute atomic E-state index is 0.0519. The summed E-state index contributed by atoms with van der Waals surface area (Å²) in [6.07, 6.45) is -3.98. The zero-order valence-electron chi connectivity index (χ0n) is 16.5. The number of imidazole rings is 1. The Labute approximate surface area is 192 Å². The Morgan fingerprint density at radius 1 is 1.39 bits per heavy atom. The van der Waals surface area contributed by atoms with Gasteiger partial charge in [-0.3, -0.25) is 19.6 Å². The molecule has 0 amide bonds. The molecule has 4 atom stereocenters. The third kappa shape index (κ3) is 4.27. The molecule has 3 heterocycles. The van der Waals surface area contributed by atoms with Crippen LogP contribution in [0.15, 0.2) is 32.6 Å². The number of nitrogens with zero attached hydrogens (tertiary/aromatic N) is 5. The van der Waals surface area contributed by atoms with E-state index in [0.717, 1.165) is 0 Å². The molecule has 3 aromatic rings. The number of ether oxygens (including phenoxy) is 1. The van der Waals surface area contributed by atoms with Crippen molar-refractivity contribution in [3.63, 3.8) is 0 Å². The number of aromatic amines is 1. The van der Waals surface area contributed by atoms with Crippen LogP contribution in [0, 0.1) is 5.21 Å². The molecule has 1 aliphatic rings. The summed E-state index contributed by atoms with van der Waals surface area (Å²) in [5.74, 6) is -0.311. The standard InChI is InChI=1S/C17H18BrN8O7/c18-7-2-1-6(3-8(7)26(31)32)4-20-24-17-21-10-13(22-16(19)23-14(10)30)25(17)15-12(29)11(28)9(5-27)33-15/h1-4,9,11-12,15,27-29,31H,5H2,(H,21,24)(H3,19,22,23,30)/q-1/b20-4-/t9-,11+,12-,15-/m0/s1. The highest BCUT2D eigenvalue weighted by molar-refractivity contribution is 9.10. The third-order valence-corrected chi connectivity index (χ3v) is 5.57. The van der Waals surface area contributed by atoms with Crippen molar-refractivity contribution in [1.29, 1.82) is 0 Å². The molecule has 176 valence electrons. The number of fused-ring (bicyclic) bond motifs is 1. The molecule has 16 heteroatoms. The number of nitrogens with one attached hydrogen (secondary N) is 2. The van der Waals surface area contributed by atoms with Gasteiger partial charge in [0.25, 0.3) is 5.56 Å². The second-order valence-corrected chi connectivity index (χ2v) is 7.87. The van der Waals surface area contributed by atoms with Crippen LogP contribution in [0.25, 0.3) is 11.2 Å². The second-order valence-electron chi connectivity index (χ2n) is 7.01. The summed E-state index contributed by atoms with van der Waals surface area (Å²) in [6, 6.07) is 4.48. The third-order valence-electron chi connectivity index (χ3n) is 4.89. The summed E-state index contributed by atoms with van der Waals surface area (Å²) >= 11 is 3.14. The smallest absolute Gasteiger partial charge is 0.280 e. The van der Waals surface area contributed by atoms with Crippen molar-refractivity contribution in [2.75, 3.05) is 23.0 Å². The molecule has 0 radical (unpaired) electrons. The summed E-state index contributed by atoms with van der Waals surface area (Å²) in [5.41, 5.74) is 7.74. The lowest BCUT2D eigenvalue weighted by Gasteiger charge is -2.23. The lowest BCUT2D eigenvalue weighted by molar-refractivity contribution is -0.0501. The highest BCUT2D eigenvalue weighted by atomic mass is 79.9. The van der Waals surface area contributed by atoms with Crippen molar-refractivity contribution in [3.05, 3.63) is 43.8 Å². The minimum atomic E-state index is -1.49. The molecule has 1 saturated heterocycles. The van der Waals surface area contributed by atoms with Crippen molar-refractivity contribution >= 4 is 50.9 Å². The van der Waals surface area contributed by atoms with Gasteiger partial charge in [0.1, 0.15) is 18.3 Å². The first kappa shape index (κ1) is 23.1. The van der Waals surface area contributed by atoms with E-state index in [1.165, 1.54) is 22.9 Å². The monoisotopic (exact) mass is 525 g/mol. The van der Waals surface area contributed by atoms with Crippen LogP contribution in [0.3, 0.4) is 0 Å². The maximum atomic E-state index is 12.3. The minimum Gasteiger partial charge on any atom is -0.733 e. The molecular weight excluding hydrogens is 508 g/mol. The molecule has 0 aliphatic carbocycles. The van der Waals surface area contributed by atoms with Gasteiger partial charge in [-0.25, -0.2) is 10.4 Å². The van der Waals surface area contributed by atoms with Gasteiger partial charge in [0, 0.05) is 4.47 Å². The first-order valence-corrected chi connectivity index (χ1v) is 10.2. The number of hydrazone groups is 1. The Kier molecular flexibility index (Phi) is 6.30. The van der Waals surface area contributed by atoms with Gasteiger partial charge in [-0.1, -0.05) is 6.07 Å². The van der Waals surface area contributed by atoms with Gasteiger partial charge < -0.3 is 36.2 Å². The highest BCUT2D eigenvalue weighted by Crippen LogP contribution is 2.34. The lowest BCUT2D eigenvalue weighted by atomic mass is 10.1. The number of aromatic nitrogens is 4. The topological polar surface area (TPSA) is 230 Å². The zero-order chi connectivity index (χ0) is 23.9. The molecule has 0 saturated carbocycles. The summed E-state index contributed by atoms with van der Waals surface area (Å²) in [7, 11) is 0. The normalized spacial score (nSPS) is 23.0. The van der Waals surface area contributed by atoms with Crippen molar-refractivity contribution in [1.82, 2.24) is 19.5 Å². The van der Waals surface area contributed by atoms with Gasteiger partial charge in [-0.15, -0.1) is 0 Å². The molecular formula is C17H18BrN8O7-. The fraction of sp³-hybridized carbons (Fsp3) is 0.294. The van der Waals surface area contributed by atoms with Crippen LogP contribution in [0.1, 0.15) is 11.8 Å². The van der Waals surface area contributed by atoms with E-state index in [-0.39, 0.29) is 34.0 Å². The fourth-order valence-corrected chi connectivity index (χ4v) is 3.73. The van der Waals surface area contributed by atoms with Crippen LogP contribution < -0.4 is 21.9 Å². The van der Waals surface area contributed by atoms with Crippen LogP contribution in [0.2, 0.25) is 0 Å². The maximum absolute atomic E-state index is 12.3. The Bertz CT molecular complexity index is 1260. The van der Waals surface area contributed by atoms with Gasteiger partial charge in [0.2, 0.25) is 11.9 Å². The second kappa shape index (κ2) is 9.02. The zero-order valence-corrected chi connectivity index (χ0v) is 18.1. The number of anilines is 3. The van der Waals surface area contributed by atoms with E-state index in [9.17, 15) is 25.3 Å². The predicted octanol–water partition coefficient (Wildman–Crippen LogP) is -0.785. The maximum Gasteiger partial charge on any atom is 0.280 e. The number of aliphatic hydroxyl groups excluding tert-OH is 3. The van der Waals surface area contributed by atoms with E-state index in [1.54, 1.807) is 6.07 Å². The van der Waals surface area contributed by atoms with Crippen LogP contribution in [-0.4, -0.2) is 71.2 Å². The number of rotatable bonds is 6. The van der Waals surface area contributed by atoms with E-state index >= 15 is 0 Å². The molecule has 1 aromatic carbocycles. The van der Waals surface area contributed by atoms with Gasteiger partial charge in [0.15, 0.2) is 17.4 Å². The summed E-state index contributed by atoms with van der Waals surface area (Å²) in [4.78, 5) is 22.8. The van der Waals surface area contributed by atoms with E-state index in [2.05, 4.69) is 41.4 Å². The average molecular weight is 526 g/mol. The van der Waals surface area contributed by atoms with Crippen molar-refractivity contribution in [2.24, 2.45) is 5.10 Å². The number of H-pyrrole nitrogens is 1. The molecule has 0 unspecified atom stereocenters. The van der Waals surface area contributed by atoms with E-state index in [0.29, 0.717) is 10.0 Å². The first-order chi connectivity index (χ1) is 15.7. The van der Waals surface area contributed by atoms with Crippen LogP contribution >= 0.6 is 15.9 Å². The van der Waals surface area contributed by atoms with Gasteiger partial charge in [-0.05, 0) is 33.6 Å². The van der Waals surface area contributed by atoms with Crippen molar-refractivity contribution in [3.8, 4) is 0 Å². The number of aliphatic hydroxyl groups is 3. The molecule has 2 aromatic heterocycles. The quantitative estimate of drug-likeness (QED) is 0.155. The molecule has 8 N–H and O–H groups in total. The van der Waals surface area contributed by atoms with Crippen LogP contribution in [-0.2, 0) is 4.74 Å². The molecule has 1 aliphatic heterocycles. The SMILES string of the molecule is Nc1nc2c(nc(N/N=C\c3ccc(Br)c(N([O-])O)c3)n2[C@H]2O[C@@H](CO)[C@@H](O)[C@@H]2O)c(=O)[nH]1. The summed E-state index contributed by atoms with van der Waals surface area (Å²) < 4.78 is 7.09. The Hall–Kier alpha value is -3.12. The van der Waals surface area contributed by atoms with Crippen molar-refractivity contribution < 1.29 is 25.3 Å². The number of benzene rings is 1. The molecule has 4 rings (SSSR count). The lowest BCUT2D eigenvalue weighted by Crippen LogP contribution is -2.33. The predicted molar refractivity (Wildman–Crippen MR) is 119 cm³/mol. The summed E-state index contributed by atoms with van der Waals surface area (Å²) in [6.45, 7) is -0.564. The highest BCUT2D eigenvalue weighted by Gasteiger charge is 2.45. The Morgan fingerprint density at radius 3 is 2.82 bits per heavy atom. The van der Waals surface area contributed by atoms with Crippen LogP contribution in [0.4, 0.5) is 17.6 Å². The number of nitrogen functional groups attached to an aromatic ring is 1. The first-order valence-electron chi connectivity index (χ1n) is 9.36. The number of nitrogens with two attached hydrogens (primary N) is 1. The van der Waals surface area contributed by atoms with E-state index in [4.69, 9.17) is 15.7 Å². The number of hydrogen-bond donors (Lipinski definition) is 7. The largest absolute Gasteiger partial charge is 0.733 e. The molecule has 0 spiro atoms. The number of hydrogen-bond acceptors (Lipinski definition) is 13. The van der Waals surface area contributed by atoms with Crippen LogP contribution in [0.5, 0.6) is 0 Å². The van der Waals surface area contributed by atoms with Crippen molar-refractivity contribution in [2.45, 2.75) is 24.5 Å². The van der Waals surface area contributed by atoms with Gasteiger partial charge in [-0.2, -0.15) is 10.1 Å². The fourth-order valence-electron chi connectivity index (χ4n) is 3.34.